The van der Waals surface area contributed by atoms with E-state index in [4.69, 9.17) is 0 Å². The number of carbonyl (C=O) groups excluding carboxylic acids is 1. The molecule has 0 aliphatic carbocycles. The molecule has 0 spiro atoms. The maximum Gasteiger partial charge on any atom is 0.229 e. The van der Waals surface area contributed by atoms with Crippen LogP contribution in [0.5, 0.6) is 0 Å². The van der Waals surface area contributed by atoms with Crippen molar-refractivity contribution >= 4 is 5.91 Å². The molecule has 0 saturated carbocycles. The van der Waals surface area contributed by atoms with Crippen LogP contribution in [0.2, 0.25) is 0 Å². The van der Waals surface area contributed by atoms with Gasteiger partial charge in [-0.25, -0.2) is 0 Å². The lowest BCUT2D eigenvalue weighted by molar-refractivity contribution is -0.142. The highest BCUT2D eigenvalue weighted by molar-refractivity contribution is 5.82. The van der Waals surface area contributed by atoms with Crippen molar-refractivity contribution in [1.29, 1.82) is 0 Å². The summed E-state index contributed by atoms with van der Waals surface area (Å²) >= 11 is 0. The molecule has 21 heavy (non-hydrogen) atoms. The average molecular weight is 288 g/mol. The highest BCUT2D eigenvalue weighted by Gasteiger charge is 2.39. The van der Waals surface area contributed by atoms with Gasteiger partial charge in [-0.1, -0.05) is 37.3 Å². The zero-order valence-corrected chi connectivity index (χ0v) is 13.4. The number of aryl methyl sites for hydroxylation is 1. The Morgan fingerprint density at radius 3 is 2.71 bits per heavy atom. The number of amides is 1. The van der Waals surface area contributed by atoms with Crippen LogP contribution in [0, 0.1) is 5.41 Å². The Hall–Kier alpha value is -1.35. The summed E-state index contributed by atoms with van der Waals surface area (Å²) in [6, 6.07) is 10.5. The molecule has 0 aromatic heterocycles. The van der Waals surface area contributed by atoms with Crippen LogP contribution in [0.4, 0.5) is 0 Å². The third-order valence-corrected chi connectivity index (χ3v) is 4.75. The second-order valence-corrected chi connectivity index (χ2v) is 6.23. The van der Waals surface area contributed by atoms with Crippen molar-refractivity contribution in [2.24, 2.45) is 5.41 Å². The maximum absolute atomic E-state index is 12.8. The topological polar surface area (TPSA) is 32.3 Å². The quantitative estimate of drug-likeness (QED) is 0.873. The Labute approximate surface area is 128 Å². The molecule has 1 fully saturated rings. The Kier molecular flexibility index (Phi) is 5.80. The summed E-state index contributed by atoms with van der Waals surface area (Å²) in [6.45, 7) is 4.87. The second kappa shape index (κ2) is 7.60. The van der Waals surface area contributed by atoms with Crippen molar-refractivity contribution in [2.45, 2.75) is 39.0 Å². The number of nitrogens with zero attached hydrogens (tertiary/aromatic N) is 1. The van der Waals surface area contributed by atoms with Crippen LogP contribution < -0.4 is 5.32 Å². The molecule has 1 aromatic rings. The minimum atomic E-state index is -0.167. The molecule has 0 radical (unpaired) electrons. The van der Waals surface area contributed by atoms with Crippen LogP contribution in [0.15, 0.2) is 30.3 Å². The van der Waals surface area contributed by atoms with Gasteiger partial charge in [0.05, 0.1) is 5.41 Å². The van der Waals surface area contributed by atoms with Crippen molar-refractivity contribution in [3.8, 4) is 0 Å². The fraction of sp³-hybridized carbons (Fsp3) is 0.611. The molecule has 1 atom stereocenters. The van der Waals surface area contributed by atoms with E-state index in [0.717, 1.165) is 51.7 Å². The van der Waals surface area contributed by atoms with Crippen molar-refractivity contribution in [3.05, 3.63) is 35.9 Å². The first kappa shape index (κ1) is 16.0. The predicted molar refractivity (Wildman–Crippen MR) is 87.2 cm³/mol. The number of piperidine rings is 1. The molecule has 3 heteroatoms. The van der Waals surface area contributed by atoms with E-state index in [9.17, 15) is 4.79 Å². The van der Waals surface area contributed by atoms with Crippen LogP contribution in [0.1, 0.15) is 38.2 Å². The average Bonchev–Trinajstić information content (AvgIpc) is 2.55. The molecule has 1 amide bonds. The Morgan fingerprint density at radius 2 is 2.10 bits per heavy atom. The largest absolute Gasteiger partial charge is 0.345 e. The molecule has 1 aliphatic heterocycles. The van der Waals surface area contributed by atoms with Crippen molar-refractivity contribution < 1.29 is 4.79 Å². The van der Waals surface area contributed by atoms with Gasteiger partial charge in [-0.3, -0.25) is 4.79 Å². The molecule has 1 N–H and O–H groups in total. The zero-order chi connectivity index (χ0) is 15.1. The van der Waals surface area contributed by atoms with Crippen LogP contribution in [0.3, 0.4) is 0 Å². The first-order chi connectivity index (χ1) is 10.2. The summed E-state index contributed by atoms with van der Waals surface area (Å²) in [4.78, 5) is 14.7. The van der Waals surface area contributed by atoms with Gasteiger partial charge < -0.3 is 10.2 Å². The summed E-state index contributed by atoms with van der Waals surface area (Å²) in [5.41, 5.74) is 1.18. The summed E-state index contributed by atoms with van der Waals surface area (Å²) in [6.07, 6.45) is 5.13. The van der Waals surface area contributed by atoms with Crippen LogP contribution in [-0.2, 0) is 11.2 Å². The number of nitrogens with one attached hydrogen (secondary N) is 1. The van der Waals surface area contributed by atoms with Crippen molar-refractivity contribution in [1.82, 2.24) is 10.2 Å². The van der Waals surface area contributed by atoms with E-state index in [0.29, 0.717) is 5.91 Å². The highest BCUT2D eigenvalue weighted by Crippen LogP contribution is 2.32. The molecule has 3 nitrogen and oxygen atoms in total. The van der Waals surface area contributed by atoms with Gasteiger partial charge in [0.1, 0.15) is 0 Å². The molecule has 1 aliphatic rings. The molecule has 2 rings (SSSR count). The van der Waals surface area contributed by atoms with E-state index in [1.807, 2.05) is 18.0 Å². The van der Waals surface area contributed by atoms with E-state index in [1.54, 1.807) is 0 Å². The zero-order valence-electron chi connectivity index (χ0n) is 13.4. The minimum absolute atomic E-state index is 0.167. The maximum atomic E-state index is 12.8. The Bertz CT molecular complexity index is 438. The molecule has 0 bridgehead atoms. The fourth-order valence-electron chi connectivity index (χ4n) is 3.27. The lowest BCUT2D eigenvalue weighted by atomic mass is 9.77. The monoisotopic (exact) mass is 288 g/mol. The molecular formula is C18H28N2O. The van der Waals surface area contributed by atoms with Gasteiger partial charge in [-0.05, 0) is 44.2 Å². The number of hydrogen-bond donors (Lipinski definition) is 1. The first-order valence-corrected chi connectivity index (χ1v) is 8.18. The Morgan fingerprint density at radius 1 is 1.33 bits per heavy atom. The number of hydrogen-bond acceptors (Lipinski definition) is 2. The fourth-order valence-corrected chi connectivity index (χ4v) is 3.27. The third-order valence-electron chi connectivity index (χ3n) is 4.75. The third kappa shape index (κ3) is 4.07. The molecule has 1 aromatic carbocycles. The van der Waals surface area contributed by atoms with Gasteiger partial charge in [0.25, 0.3) is 0 Å². The summed E-state index contributed by atoms with van der Waals surface area (Å²) in [7, 11) is 1.96. The van der Waals surface area contributed by atoms with Gasteiger partial charge in [-0.2, -0.15) is 0 Å². The van der Waals surface area contributed by atoms with Crippen molar-refractivity contribution in [2.75, 3.05) is 26.7 Å². The smallest absolute Gasteiger partial charge is 0.229 e. The van der Waals surface area contributed by atoms with E-state index in [2.05, 4.69) is 36.5 Å². The van der Waals surface area contributed by atoms with Gasteiger partial charge in [0, 0.05) is 20.1 Å². The summed E-state index contributed by atoms with van der Waals surface area (Å²) in [5, 5.41) is 3.40. The highest BCUT2D eigenvalue weighted by atomic mass is 16.2. The van der Waals surface area contributed by atoms with Gasteiger partial charge in [-0.15, -0.1) is 0 Å². The van der Waals surface area contributed by atoms with Gasteiger partial charge in [0.2, 0.25) is 5.91 Å². The van der Waals surface area contributed by atoms with E-state index < -0.39 is 0 Å². The minimum Gasteiger partial charge on any atom is -0.345 e. The van der Waals surface area contributed by atoms with Gasteiger partial charge in [0.15, 0.2) is 0 Å². The van der Waals surface area contributed by atoms with Gasteiger partial charge >= 0.3 is 0 Å². The van der Waals surface area contributed by atoms with E-state index >= 15 is 0 Å². The number of rotatable bonds is 6. The molecule has 1 unspecified atom stereocenters. The van der Waals surface area contributed by atoms with Crippen LogP contribution in [-0.4, -0.2) is 37.5 Å². The van der Waals surface area contributed by atoms with Crippen LogP contribution >= 0.6 is 0 Å². The lowest BCUT2D eigenvalue weighted by Crippen LogP contribution is -2.50. The Balaban J connectivity index is 1.84. The lowest BCUT2D eigenvalue weighted by Gasteiger charge is -2.38. The van der Waals surface area contributed by atoms with Crippen LogP contribution in [0.25, 0.3) is 0 Å². The second-order valence-electron chi connectivity index (χ2n) is 6.23. The van der Waals surface area contributed by atoms with E-state index in [-0.39, 0.29) is 5.41 Å². The van der Waals surface area contributed by atoms with E-state index in [1.165, 1.54) is 5.56 Å². The number of carbonyl (C=O) groups is 1. The first-order valence-electron chi connectivity index (χ1n) is 8.18. The molecule has 1 heterocycles. The molecule has 1 saturated heterocycles. The summed E-state index contributed by atoms with van der Waals surface area (Å²) < 4.78 is 0. The normalized spacial score (nSPS) is 22.0. The van der Waals surface area contributed by atoms with Crippen molar-refractivity contribution in [3.63, 3.8) is 0 Å². The standard InChI is InChI=1S/C18H28N2O/c1-3-18(12-8-13-19-15-18)17(21)20(2)14-7-11-16-9-5-4-6-10-16/h4-6,9-10,19H,3,7-8,11-15H2,1-2H3. The molecule has 116 valence electrons. The predicted octanol–water partition coefficient (Wildman–Crippen LogP) is 2.86. The molecular weight excluding hydrogens is 260 g/mol. The summed E-state index contributed by atoms with van der Waals surface area (Å²) in [5.74, 6) is 0.324. The number of benzene rings is 1. The SMILES string of the molecule is CCC1(C(=O)N(C)CCCc2ccccc2)CCCNC1.